The van der Waals surface area contributed by atoms with Crippen molar-refractivity contribution in [3.05, 3.63) is 36.0 Å². The fourth-order valence-electron chi connectivity index (χ4n) is 2.02. The lowest BCUT2D eigenvalue weighted by Crippen LogP contribution is -2.42. The molecular weight excluding hydrogens is 254 g/mol. The molecule has 0 aliphatic heterocycles. The molecule has 1 heterocycles. The number of nitrogens with two attached hydrogens (primary N) is 1. The number of rotatable bonds is 6. The Kier molecular flexibility index (Phi) is 4.14. The van der Waals surface area contributed by atoms with Crippen molar-refractivity contribution in [2.75, 3.05) is 0 Å². The summed E-state index contributed by atoms with van der Waals surface area (Å²) >= 11 is 0. The van der Waals surface area contributed by atoms with E-state index in [4.69, 9.17) is 5.73 Å². The second-order valence-corrected chi connectivity index (χ2v) is 5.37. The molecule has 0 unspecified atom stereocenters. The molecule has 4 N–H and O–H groups in total. The minimum atomic E-state index is -0.376. The van der Waals surface area contributed by atoms with E-state index < -0.39 is 0 Å². The van der Waals surface area contributed by atoms with Crippen LogP contribution in [0, 0.1) is 0 Å². The Bertz CT molecular complexity index is 576. The maximum Gasteiger partial charge on any atom is 0.219 e. The molecule has 2 rings (SSSR count). The molecule has 0 aliphatic rings. The summed E-state index contributed by atoms with van der Waals surface area (Å²) in [4.78, 5) is 11.0. The summed E-state index contributed by atoms with van der Waals surface area (Å²) in [6, 6.07) is 9.83. The average molecular weight is 273 g/mol. The van der Waals surface area contributed by atoms with Crippen molar-refractivity contribution in [2.45, 2.75) is 32.4 Å². The number of aromatic nitrogens is 3. The van der Waals surface area contributed by atoms with E-state index in [0.29, 0.717) is 6.54 Å². The third-order valence-corrected chi connectivity index (χ3v) is 3.02. The Morgan fingerprint density at radius 1 is 1.30 bits per heavy atom. The molecular formula is C14H19N5O. The molecule has 1 aromatic carbocycles. The van der Waals surface area contributed by atoms with Crippen molar-refractivity contribution in [1.82, 2.24) is 20.7 Å². The highest BCUT2D eigenvalue weighted by atomic mass is 16.1. The summed E-state index contributed by atoms with van der Waals surface area (Å²) < 4.78 is 0. The maximum absolute atomic E-state index is 11.0. The van der Waals surface area contributed by atoms with Crippen LogP contribution < -0.4 is 11.1 Å². The quantitative estimate of drug-likeness (QED) is 0.737. The normalized spacial score (nSPS) is 11.5. The molecule has 0 bridgehead atoms. The van der Waals surface area contributed by atoms with Crippen molar-refractivity contribution in [1.29, 1.82) is 0 Å². The molecule has 0 aliphatic carbocycles. The molecule has 0 fully saturated rings. The molecule has 6 heteroatoms. The summed E-state index contributed by atoms with van der Waals surface area (Å²) in [5.41, 5.74) is 7.49. The van der Waals surface area contributed by atoms with Crippen LogP contribution in [-0.2, 0) is 11.3 Å². The zero-order valence-corrected chi connectivity index (χ0v) is 11.7. The number of nitrogens with zero attached hydrogens (tertiary/aromatic N) is 2. The van der Waals surface area contributed by atoms with Crippen LogP contribution in [0.1, 0.15) is 26.0 Å². The molecule has 20 heavy (non-hydrogen) atoms. The zero-order chi connectivity index (χ0) is 14.6. The predicted octanol–water partition coefficient (Wildman–Crippen LogP) is 1.22. The van der Waals surface area contributed by atoms with E-state index in [2.05, 4.69) is 20.7 Å². The van der Waals surface area contributed by atoms with Crippen molar-refractivity contribution < 1.29 is 4.79 Å². The van der Waals surface area contributed by atoms with E-state index in [1.54, 1.807) is 0 Å². The van der Waals surface area contributed by atoms with Gasteiger partial charge in [-0.2, -0.15) is 15.4 Å². The Morgan fingerprint density at radius 3 is 2.65 bits per heavy atom. The molecule has 1 aromatic heterocycles. The second-order valence-electron chi connectivity index (χ2n) is 5.37. The number of hydrogen-bond donors (Lipinski definition) is 3. The summed E-state index contributed by atoms with van der Waals surface area (Å²) in [7, 11) is 0. The number of hydrogen-bond acceptors (Lipinski definition) is 4. The Labute approximate surface area is 117 Å². The summed E-state index contributed by atoms with van der Waals surface area (Å²) in [5.74, 6) is -0.328. The van der Waals surface area contributed by atoms with Gasteiger partial charge < -0.3 is 11.1 Å². The largest absolute Gasteiger partial charge is 0.370 e. The van der Waals surface area contributed by atoms with Crippen molar-refractivity contribution in [3.8, 4) is 11.3 Å². The smallest absolute Gasteiger partial charge is 0.219 e. The third-order valence-electron chi connectivity index (χ3n) is 3.02. The Balaban J connectivity index is 2.09. The molecule has 0 atom stereocenters. The van der Waals surface area contributed by atoms with Gasteiger partial charge in [0.15, 0.2) is 0 Å². The SMILES string of the molecule is CC(C)(CC(N)=O)NCc1n[nH]nc1-c1ccccc1. The lowest BCUT2D eigenvalue weighted by Gasteiger charge is -2.24. The summed E-state index contributed by atoms with van der Waals surface area (Å²) in [5, 5.41) is 14.3. The van der Waals surface area contributed by atoms with Gasteiger partial charge in [-0.3, -0.25) is 4.79 Å². The van der Waals surface area contributed by atoms with Crippen LogP contribution in [0.15, 0.2) is 30.3 Å². The topological polar surface area (TPSA) is 96.7 Å². The minimum absolute atomic E-state index is 0.269. The van der Waals surface area contributed by atoms with E-state index in [1.165, 1.54) is 0 Å². The first-order valence-electron chi connectivity index (χ1n) is 6.46. The van der Waals surface area contributed by atoms with E-state index >= 15 is 0 Å². The van der Waals surface area contributed by atoms with Gasteiger partial charge in [0.1, 0.15) is 11.4 Å². The van der Waals surface area contributed by atoms with Gasteiger partial charge in [-0.1, -0.05) is 30.3 Å². The highest BCUT2D eigenvalue weighted by Gasteiger charge is 2.21. The van der Waals surface area contributed by atoms with Gasteiger partial charge in [0.05, 0.1) is 0 Å². The van der Waals surface area contributed by atoms with Gasteiger partial charge in [-0.25, -0.2) is 0 Å². The lowest BCUT2D eigenvalue weighted by molar-refractivity contribution is -0.119. The molecule has 0 saturated heterocycles. The number of carbonyl (C=O) groups is 1. The van der Waals surface area contributed by atoms with Crippen LogP contribution in [0.4, 0.5) is 0 Å². The first-order chi connectivity index (χ1) is 9.48. The predicted molar refractivity (Wildman–Crippen MR) is 76.5 cm³/mol. The average Bonchev–Trinajstić information content (AvgIpc) is 2.84. The van der Waals surface area contributed by atoms with Gasteiger partial charge in [0.2, 0.25) is 5.91 Å². The van der Waals surface area contributed by atoms with Gasteiger partial charge in [-0.15, -0.1) is 0 Å². The Morgan fingerprint density at radius 2 is 2.00 bits per heavy atom. The molecule has 1 amide bonds. The van der Waals surface area contributed by atoms with Gasteiger partial charge in [0.25, 0.3) is 0 Å². The van der Waals surface area contributed by atoms with E-state index in [-0.39, 0.29) is 17.9 Å². The van der Waals surface area contributed by atoms with E-state index in [1.807, 2.05) is 44.2 Å². The van der Waals surface area contributed by atoms with Crippen molar-refractivity contribution in [2.24, 2.45) is 5.73 Å². The summed E-state index contributed by atoms with van der Waals surface area (Å²) in [6.45, 7) is 4.38. The van der Waals surface area contributed by atoms with Gasteiger partial charge in [0, 0.05) is 24.1 Å². The van der Waals surface area contributed by atoms with Crippen LogP contribution in [-0.4, -0.2) is 26.9 Å². The molecule has 0 spiro atoms. The molecule has 2 aromatic rings. The highest BCUT2D eigenvalue weighted by molar-refractivity contribution is 5.75. The number of amides is 1. The molecule has 106 valence electrons. The van der Waals surface area contributed by atoms with Gasteiger partial charge >= 0.3 is 0 Å². The molecule has 0 saturated carbocycles. The van der Waals surface area contributed by atoms with Crippen LogP contribution in [0.25, 0.3) is 11.3 Å². The first kappa shape index (κ1) is 14.2. The zero-order valence-electron chi connectivity index (χ0n) is 11.7. The number of carbonyl (C=O) groups excluding carboxylic acids is 1. The number of primary amides is 1. The second kappa shape index (κ2) is 5.83. The number of aromatic amines is 1. The van der Waals surface area contributed by atoms with E-state index in [9.17, 15) is 4.79 Å². The number of H-pyrrole nitrogens is 1. The molecule has 6 nitrogen and oxygen atoms in total. The highest BCUT2D eigenvalue weighted by Crippen LogP contribution is 2.19. The third kappa shape index (κ3) is 3.64. The van der Waals surface area contributed by atoms with E-state index in [0.717, 1.165) is 17.0 Å². The Hall–Kier alpha value is -2.21. The van der Waals surface area contributed by atoms with Crippen LogP contribution in [0.5, 0.6) is 0 Å². The standard InChI is InChI=1S/C14H19N5O/c1-14(2,8-12(15)20)16-9-11-13(18-19-17-11)10-6-4-3-5-7-10/h3-7,16H,8-9H2,1-2H3,(H2,15,20)(H,17,18,19). The maximum atomic E-state index is 11.0. The molecule has 0 radical (unpaired) electrons. The number of nitrogens with one attached hydrogen (secondary N) is 2. The van der Waals surface area contributed by atoms with Crippen LogP contribution in [0.3, 0.4) is 0 Å². The first-order valence-corrected chi connectivity index (χ1v) is 6.46. The van der Waals surface area contributed by atoms with Crippen LogP contribution >= 0.6 is 0 Å². The van der Waals surface area contributed by atoms with Crippen LogP contribution in [0.2, 0.25) is 0 Å². The lowest BCUT2D eigenvalue weighted by atomic mass is 10.00. The van der Waals surface area contributed by atoms with Crippen molar-refractivity contribution in [3.63, 3.8) is 0 Å². The summed E-state index contributed by atoms with van der Waals surface area (Å²) in [6.07, 6.45) is 0.269. The van der Waals surface area contributed by atoms with Crippen molar-refractivity contribution >= 4 is 5.91 Å². The minimum Gasteiger partial charge on any atom is -0.370 e. The fourth-order valence-corrected chi connectivity index (χ4v) is 2.02. The number of benzene rings is 1. The monoisotopic (exact) mass is 273 g/mol. The van der Waals surface area contributed by atoms with Gasteiger partial charge in [-0.05, 0) is 13.8 Å². The fraction of sp³-hybridized carbons (Fsp3) is 0.357.